The molecule has 1 fully saturated rings. The standard InChI is InChI=1S/C20H29N3O5/c1-3-5-14-28-19(25)16-6-8-17(9-7-16)21-20(26)23-12-10-22(11-13-23)15-18(24)27-4-2/h6-9H,3-5,10-15H2,1-2H3,(H,21,26). The summed E-state index contributed by atoms with van der Waals surface area (Å²) < 4.78 is 10.1. The Bertz CT molecular complexity index is 654. The van der Waals surface area contributed by atoms with Gasteiger partial charge in [0, 0.05) is 31.9 Å². The molecule has 1 aliphatic rings. The molecular weight excluding hydrogens is 362 g/mol. The molecule has 0 bridgehead atoms. The third-order valence-corrected chi connectivity index (χ3v) is 4.42. The highest BCUT2D eigenvalue weighted by Gasteiger charge is 2.22. The van der Waals surface area contributed by atoms with Crippen molar-refractivity contribution in [2.75, 3.05) is 51.3 Å². The number of ether oxygens (including phenoxy) is 2. The average Bonchev–Trinajstić information content (AvgIpc) is 2.69. The highest BCUT2D eigenvalue weighted by Crippen LogP contribution is 2.13. The van der Waals surface area contributed by atoms with Gasteiger partial charge in [0.25, 0.3) is 0 Å². The first-order valence-corrected chi connectivity index (χ1v) is 9.74. The van der Waals surface area contributed by atoms with E-state index in [4.69, 9.17) is 9.47 Å². The van der Waals surface area contributed by atoms with E-state index in [0.717, 1.165) is 12.8 Å². The Morgan fingerprint density at radius 3 is 2.29 bits per heavy atom. The molecule has 0 aromatic heterocycles. The number of carbonyl (C=O) groups excluding carboxylic acids is 3. The lowest BCUT2D eigenvalue weighted by molar-refractivity contribution is -0.144. The Labute approximate surface area is 165 Å². The van der Waals surface area contributed by atoms with Crippen LogP contribution in [0.2, 0.25) is 0 Å². The number of anilines is 1. The molecule has 8 nitrogen and oxygen atoms in total. The van der Waals surface area contributed by atoms with Gasteiger partial charge < -0.3 is 19.7 Å². The van der Waals surface area contributed by atoms with Crippen LogP contribution < -0.4 is 5.32 Å². The van der Waals surface area contributed by atoms with Gasteiger partial charge in [-0.25, -0.2) is 9.59 Å². The van der Waals surface area contributed by atoms with Crippen LogP contribution in [-0.4, -0.2) is 73.7 Å². The molecule has 0 aliphatic carbocycles. The van der Waals surface area contributed by atoms with E-state index >= 15 is 0 Å². The number of benzene rings is 1. The van der Waals surface area contributed by atoms with Gasteiger partial charge in [0.1, 0.15) is 0 Å². The molecule has 0 radical (unpaired) electrons. The van der Waals surface area contributed by atoms with Crippen molar-refractivity contribution in [2.24, 2.45) is 0 Å². The molecule has 0 unspecified atom stereocenters. The molecule has 1 heterocycles. The largest absolute Gasteiger partial charge is 0.465 e. The fraction of sp³-hybridized carbons (Fsp3) is 0.550. The van der Waals surface area contributed by atoms with Crippen molar-refractivity contribution in [2.45, 2.75) is 26.7 Å². The molecule has 1 N–H and O–H groups in total. The van der Waals surface area contributed by atoms with Crippen molar-refractivity contribution < 1.29 is 23.9 Å². The summed E-state index contributed by atoms with van der Waals surface area (Å²) in [5.41, 5.74) is 1.07. The van der Waals surface area contributed by atoms with Crippen LogP contribution in [0.15, 0.2) is 24.3 Å². The third-order valence-electron chi connectivity index (χ3n) is 4.42. The summed E-state index contributed by atoms with van der Waals surface area (Å²) in [6, 6.07) is 6.45. The number of piperazine rings is 1. The Morgan fingerprint density at radius 2 is 1.68 bits per heavy atom. The first kappa shape index (κ1) is 21.7. The van der Waals surface area contributed by atoms with E-state index in [9.17, 15) is 14.4 Å². The number of unbranched alkanes of at least 4 members (excludes halogenated alkanes) is 1. The van der Waals surface area contributed by atoms with Crippen LogP contribution in [0.5, 0.6) is 0 Å². The SMILES string of the molecule is CCCCOC(=O)c1ccc(NC(=O)N2CCN(CC(=O)OCC)CC2)cc1. The van der Waals surface area contributed by atoms with E-state index in [0.29, 0.717) is 50.6 Å². The van der Waals surface area contributed by atoms with Crippen molar-refractivity contribution in [3.05, 3.63) is 29.8 Å². The predicted molar refractivity (Wildman–Crippen MR) is 105 cm³/mol. The Balaban J connectivity index is 1.77. The number of nitrogens with zero attached hydrogens (tertiary/aromatic N) is 2. The van der Waals surface area contributed by atoms with Crippen LogP contribution in [0.3, 0.4) is 0 Å². The number of hydrogen-bond donors (Lipinski definition) is 1. The van der Waals surface area contributed by atoms with Crippen LogP contribution in [0.1, 0.15) is 37.0 Å². The zero-order valence-electron chi connectivity index (χ0n) is 16.6. The van der Waals surface area contributed by atoms with Gasteiger partial charge in [0.2, 0.25) is 0 Å². The van der Waals surface area contributed by atoms with Gasteiger partial charge in [-0.15, -0.1) is 0 Å². The molecule has 1 aromatic rings. The van der Waals surface area contributed by atoms with E-state index in [1.54, 1.807) is 36.1 Å². The smallest absolute Gasteiger partial charge is 0.338 e. The quantitative estimate of drug-likeness (QED) is 0.541. The van der Waals surface area contributed by atoms with Crippen molar-refractivity contribution >= 4 is 23.7 Å². The Morgan fingerprint density at radius 1 is 1.00 bits per heavy atom. The molecule has 0 spiro atoms. The maximum Gasteiger partial charge on any atom is 0.338 e. The second-order valence-electron chi connectivity index (χ2n) is 6.57. The zero-order chi connectivity index (χ0) is 20.4. The fourth-order valence-electron chi connectivity index (χ4n) is 2.78. The highest BCUT2D eigenvalue weighted by atomic mass is 16.5. The Kier molecular flexibility index (Phi) is 8.74. The number of urea groups is 1. The van der Waals surface area contributed by atoms with Crippen LogP contribution in [0.25, 0.3) is 0 Å². The molecular formula is C20H29N3O5. The normalized spacial score (nSPS) is 14.4. The maximum absolute atomic E-state index is 12.4. The van der Waals surface area contributed by atoms with Crippen LogP contribution >= 0.6 is 0 Å². The minimum absolute atomic E-state index is 0.200. The van der Waals surface area contributed by atoms with E-state index in [1.165, 1.54) is 0 Å². The minimum atomic E-state index is -0.357. The summed E-state index contributed by atoms with van der Waals surface area (Å²) in [6.07, 6.45) is 1.81. The molecule has 0 saturated carbocycles. The van der Waals surface area contributed by atoms with Crippen molar-refractivity contribution in [1.82, 2.24) is 9.80 Å². The van der Waals surface area contributed by atoms with Gasteiger partial charge in [-0.2, -0.15) is 0 Å². The van der Waals surface area contributed by atoms with Crippen molar-refractivity contribution in [1.29, 1.82) is 0 Å². The summed E-state index contributed by atoms with van der Waals surface area (Å²) in [4.78, 5) is 39.5. The van der Waals surface area contributed by atoms with Gasteiger partial charge in [0.15, 0.2) is 0 Å². The van der Waals surface area contributed by atoms with Crippen molar-refractivity contribution in [3.63, 3.8) is 0 Å². The van der Waals surface area contributed by atoms with Gasteiger partial charge in [-0.05, 0) is 37.6 Å². The lowest BCUT2D eigenvalue weighted by Crippen LogP contribution is -2.51. The molecule has 1 saturated heterocycles. The average molecular weight is 391 g/mol. The molecule has 2 rings (SSSR count). The monoisotopic (exact) mass is 391 g/mol. The second-order valence-corrected chi connectivity index (χ2v) is 6.57. The van der Waals surface area contributed by atoms with E-state index in [2.05, 4.69) is 5.32 Å². The molecule has 2 amide bonds. The predicted octanol–water partition coefficient (Wildman–Crippen LogP) is 2.36. The summed E-state index contributed by atoms with van der Waals surface area (Å²) in [5, 5.41) is 2.83. The number of hydrogen-bond acceptors (Lipinski definition) is 6. The van der Waals surface area contributed by atoms with Crippen LogP contribution in [0.4, 0.5) is 10.5 Å². The number of esters is 2. The molecule has 1 aliphatic heterocycles. The molecule has 1 aromatic carbocycles. The molecule has 8 heteroatoms. The highest BCUT2D eigenvalue weighted by molar-refractivity contribution is 5.92. The maximum atomic E-state index is 12.4. The number of rotatable bonds is 8. The zero-order valence-corrected chi connectivity index (χ0v) is 16.6. The van der Waals surface area contributed by atoms with Gasteiger partial charge in [0.05, 0.1) is 25.3 Å². The fourth-order valence-corrected chi connectivity index (χ4v) is 2.78. The lowest BCUT2D eigenvalue weighted by Gasteiger charge is -2.34. The Hall–Kier alpha value is -2.61. The molecule has 154 valence electrons. The molecule has 0 atom stereocenters. The van der Waals surface area contributed by atoms with Crippen LogP contribution in [0, 0.1) is 0 Å². The first-order valence-electron chi connectivity index (χ1n) is 9.74. The third kappa shape index (κ3) is 6.84. The lowest BCUT2D eigenvalue weighted by atomic mass is 10.2. The summed E-state index contributed by atoms with van der Waals surface area (Å²) in [7, 11) is 0. The van der Waals surface area contributed by atoms with Gasteiger partial charge >= 0.3 is 18.0 Å². The first-order chi connectivity index (χ1) is 13.5. The number of amides is 2. The van der Waals surface area contributed by atoms with E-state index < -0.39 is 0 Å². The minimum Gasteiger partial charge on any atom is -0.465 e. The second kappa shape index (κ2) is 11.3. The number of carbonyl (C=O) groups is 3. The van der Waals surface area contributed by atoms with Gasteiger partial charge in [-0.1, -0.05) is 13.3 Å². The summed E-state index contributed by atoms with van der Waals surface area (Å²) in [6.45, 7) is 7.16. The topological polar surface area (TPSA) is 88.2 Å². The van der Waals surface area contributed by atoms with E-state index in [1.807, 2.05) is 11.8 Å². The summed E-state index contributed by atoms with van der Waals surface area (Å²) >= 11 is 0. The van der Waals surface area contributed by atoms with Crippen LogP contribution in [-0.2, 0) is 14.3 Å². The van der Waals surface area contributed by atoms with Crippen molar-refractivity contribution in [3.8, 4) is 0 Å². The number of nitrogens with one attached hydrogen (secondary N) is 1. The summed E-state index contributed by atoms with van der Waals surface area (Å²) in [5.74, 6) is -0.599. The molecule has 28 heavy (non-hydrogen) atoms. The van der Waals surface area contributed by atoms with Gasteiger partial charge in [-0.3, -0.25) is 9.69 Å². The van der Waals surface area contributed by atoms with E-state index in [-0.39, 0.29) is 24.5 Å².